The van der Waals surface area contributed by atoms with Crippen LogP contribution in [0.3, 0.4) is 0 Å². The Labute approximate surface area is 85.9 Å². The van der Waals surface area contributed by atoms with Crippen molar-refractivity contribution in [2.45, 2.75) is 13.5 Å². The number of aromatic nitrogens is 3. The summed E-state index contributed by atoms with van der Waals surface area (Å²) < 4.78 is 6.63. The van der Waals surface area contributed by atoms with Gasteiger partial charge in [0.1, 0.15) is 0 Å². The van der Waals surface area contributed by atoms with Crippen LogP contribution in [0.25, 0.3) is 0 Å². The molecule has 0 aliphatic heterocycles. The molecule has 0 aliphatic rings. The number of aliphatic imine (C=N–C) groups is 1. The van der Waals surface area contributed by atoms with Crippen LogP contribution in [0.5, 0.6) is 0 Å². The molecule has 0 bridgehead atoms. The van der Waals surface area contributed by atoms with Crippen molar-refractivity contribution < 1.29 is 19.9 Å². The van der Waals surface area contributed by atoms with Gasteiger partial charge in [-0.1, -0.05) is 6.92 Å². The summed E-state index contributed by atoms with van der Waals surface area (Å²) in [5.41, 5.74) is 0. The van der Waals surface area contributed by atoms with Crippen molar-refractivity contribution in [2.24, 2.45) is 4.99 Å². The van der Waals surface area contributed by atoms with Gasteiger partial charge in [-0.2, -0.15) is 0 Å². The molecule has 4 nitrogen and oxygen atoms in total. The molecule has 1 aromatic heterocycles. The second-order valence-electron chi connectivity index (χ2n) is 1.74. The third-order valence-corrected chi connectivity index (χ3v) is 0.914. The maximum absolute atomic E-state index is 6.63. The number of nitrogens with zero attached hydrogens (tertiary/aromatic N) is 4. The summed E-state index contributed by atoms with van der Waals surface area (Å²) >= 11 is 0. The van der Waals surface area contributed by atoms with Gasteiger partial charge in [0.05, 0.1) is 7.92 Å². The molecule has 0 amide bonds. The van der Waals surface area contributed by atoms with Gasteiger partial charge in [-0.25, -0.2) is 0 Å². The van der Waals surface area contributed by atoms with Gasteiger partial charge >= 0.3 is 18.6 Å². The Hall–Kier alpha value is -0.736. The van der Waals surface area contributed by atoms with Gasteiger partial charge in [0.15, 0.2) is 0 Å². The Balaban J connectivity index is 0. The maximum atomic E-state index is 6.63. The molecule has 0 aliphatic carbocycles. The first kappa shape index (κ1) is 11.3. The zero-order valence-electron chi connectivity index (χ0n) is 8.02. The van der Waals surface area contributed by atoms with Crippen LogP contribution in [0.4, 0.5) is 0 Å². The molecule has 0 aromatic carbocycles. The molecule has 0 spiro atoms. The van der Waals surface area contributed by atoms with Crippen LogP contribution >= 0.6 is 0 Å². The minimum absolute atomic E-state index is 0. The van der Waals surface area contributed by atoms with E-state index in [0.717, 1.165) is 6.69 Å². The molecule has 0 saturated heterocycles. The third-order valence-electron chi connectivity index (χ3n) is 0.914. The summed E-state index contributed by atoms with van der Waals surface area (Å²) in [6.07, 6.45) is 2.44. The van der Waals surface area contributed by atoms with Gasteiger partial charge in [0.2, 0.25) is 0 Å². The van der Waals surface area contributed by atoms with Gasteiger partial charge in [-0.3, -0.25) is 0 Å². The SMILES string of the molecule is [2H]C=NCc1n[c-]nc(C)n1.[CH3-].[V+2]. The van der Waals surface area contributed by atoms with Crippen molar-refractivity contribution in [1.82, 2.24) is 15.0 Å². The van der Waals surface area contributed by atoms with Crippen molar-refractivity contribution in [3.05, 3.63) is 25.4 Å². The first-order valence-corrected chi connectivity index (χ1v) is 2.77. The van der Waals surface area contributed by atoms with Crippen molar-refractivity contribution in [1.29, 1.82) is 0 Å². The van der Waals surface area contributed by atoms with Crippen molar-refractivity contribution >= 4 is 6.69 Å². The second kappa shape index (κ2) is 6.94. The fourth-order valence-electron chi connectivity index (χ4n) is 0.544. The third kappa shape index (κ3) is 4.21. The molecule has 12 heavy (non-hydrogen) atoms. The molecule has 0 N–H and O–H groups in total. The van der Waals surface area contributed by atoms with Crippen LogP contribution < -0.4 is 0 Å². The van der Waals surface area contributed by atoms with E-state index in [2.05, 4.69) is 26.3 Å². The fraction of sp³-hybridized carbons (Fsp3) is 0.286. The zero-order valence-corrected chi connectivity index (χ0v) is 8.42. The van der Waals surface area contributed by atoms with Gasteiger partial charge in [-0.15, -0.1) is 0 Å². The van der Waals surface area contributed by atoms with Gasteiger partial charge in [-0.05, 0) is 6.69 Å². The van der Waals surface area contributed by atoms with Gasteiger partial charge in [0.25, 0.3) is 0 Å². The molecule has 0 unspecified atom stereocenters. The van der Waals surface area contributed by atoms with E-state index in [0.29, 0.717) is 18.2 Å². The normalized spacial score (nSPS) is 9.92. The van der Waals surface area contributed by atoms with Crippen LogP contribution in [0.1, 0.15) is 13.0 Å². The molecule has 63 valence electrons. The predicted octanol–water partition coefficient (Wildman–Crippen LogP) is 0.629. The zero-order chi connectivity index (χ0) is 8.10. The van der Waals surface area contributed by atoms with E-state index < -0.39 is 0 Å². The summed E-state index contributed by atoms with van der Waals surface area (Å²) in [5.74, 6) is 1.16. The van der Waals surface area contributed by atoms with Gasteiger partial charge in [0, 0.05) is 18.0 Å². The van der Waals surface area contributed by atoms with E-state index in [1.807, 2.05) is 0 Å². The Kier molecular flexibility index (Phi) is 6.52. The van der Waals surface area contributed by atoms with Crippen LogP contribution in [0, 0.1) is 20.7 Å². The number of hydrogen-bond acceptors (Lipinski definition) is 4. The minimum atomic E-state index is 0. The molecule has 0 saturated carbocycles. The monoisotopic (exact) mass is 202 g/mol. The quantitative estimate of drug-likeness (QED) is 0.522. The summed E-state index contributed by atoms with van der Waals surface area (Å²) in [6.45, 7) is 3.05. The van der Waals surface area contributed by atoms with Gasteiger partial charge < -0.3 is 27.4 Å². The number of hydrogen-bond donors (Lipinski definition) is 0. The fourth-order valence-corrected chi connectivity index (χ4v) is 0.544. The maximum Gasteiger partial charge on any atom is 2.00 e. The minimum Gasteiger partial charge on any atom is -0.358 e. The Bertz CT molecular complexity index is 266. The largest absolute Gasteiger partial charge is 2.00 e. The molecule has 0 atom stereocenters. The van der Waals surface area contributed by atoms with E-state index in [1.165, 1.54) is 0 Å². The standard InChI is InChI=1S/C6H7N4.CH3.V/c1-5-8-4-9-6(10-5)3-7-2;;/h2-3H2,1H3;1H3;/q2*-1;+2/i2D;;. The molecular weight excluding hydrogens is 191 g/mol. The summed E-state index contributed by atoms with van der Waals surface area (Å²) in [4.78, 5) is 15.0. The second-order valence-corrected chi connectivity index (χ2v) is 1.74. The van der Waals surface area contributed by atoms with Crippen LogP contribution in [-0.4, -0.2) is 21.6 Å². The average molecular weight is 202 g/mol. The summed E-state index contributed by atoms with van der Waals surface area (Å²) in [7, 11) is 0. The average Bonchev–Trinajstić information content (AvgIpc) is 2.01. The number of aryl methyl sites for hydroxylation is 1. The molecular formula is C7H10N4V. The molecule has 1 rings (SSSR count). The summed E-state index contributed by atoms with van der Waals surface area (Å²) in [5, 5.41) is 0. The van der Waals surface area contributed by atoms with E-state index >= 15 is 0 Å². The summed E-state index contributed by atoms with van der Waals surface area (Å²) in [6, 6.07) is 0. The van der Waals surface area contributed by atoms with E-state index in [4.69, 9.17) is 1.37 Å². The van der Waals surface area contributed by atoms with Crippen molar-refractivity contribution in [2.75, 3.05) is 0 Å². The molecule has 5 heteroatoms. The number of rotatable bonds is 2. The first-order chi connectivity index (χ1) is 5.33. The van der Waals surface area contributed by atoms with E-state index in [-0.39, 0.29) is 26.0 Å². The predicted molar refractivity (Wildman–Crippen MR) is 43.1 cm³/mol. The van der Waals surface area contributed by atoms with Crippen LogP contribution in [-0.2, 0) is 25.1 Å². The Morgan fingerprint density at radius 3 is 3.00 bits per heavy atom. The topological polar surface area (TPSA) is 51.0 Å². The first-order valence-electron chi connectivity index (χ1n) is 3.35. The molecule has 1 radical (unpaired) electrons. The molecule has 1 heterocycles. The van der Waals surface area contributed by atoms with E-state index in [1.54, 1.807) is 6.92 Å². The molecule has 1 aromatic rings. The van der Waals surface area contributed by atoms with Crippen molar-refractivity contribution in [3.8, 4) is 0 Å². The van der Waals surface area contributed by atoms with Crippen molar-refractivity contribution in [3.63, 3.8) is 0 Å². The smallest absolute Gasteiger partial charge is 0.358 e. The Morgan fingerprint density at radius 1 is 1.67 bits per heavy atom. The van der Waals surface area contributed by atoms with E-state index in [9.17, 15) is 0 Å². The van der Waals surface area contributed by atoms with Crippen LogP contribution in [0.2, 0.25) is 0 Å². The Morgan fingerprint density at radius 2 is 2.42 bits per heavy atom. The molecule has 0 fully saturated rings. The van der Waals surface area contributed by atoms with Crippen LogP contribution in [0.15, 0.2) is 4.99 Å².